The molecule has 2 aromatic heterocycles. The van der Waals surface area contributed by atoms with Gasteiger partial charge in [0.1, 0.15) is 17.9 Å². The van der Waals surface area contributed by atoms with Crippen molar-refractivity contribution in [3.63, 3.8) is 0 Å². The molecule has 5 aromatic rings. The highest BCUT2D eigenvalue weighted by molar-refractivity contribution is 6.02. The molecule has 0 unspecified atom stereocenters. The lowest BCUT2D eigenvalue weighted by Gasteiger charge is -2.11. The molecule has 0 fully saturated rings. The molecular weight excluding hydrogens is 464 g/mol. The Morgan fingerprint density at radius 1 is 0.865 bits per heavy atom. The summed E-state index contributed by atoms with van der Waals surface area (Å²) in [5.41, 5.74) is 5.16. The van der Waals surface area contributed by atoms with E-state index in [1.807, 2.05) is 61.5 Å². The number of fused-ring (bicyclic) bond motifs is 1. The van der Waals surface area contributed by atoms with E-state index < -0.39 is 0 Å². The fraction of sp³-hybridized carbons (Fsp3) is 0.200. The molecule has 0 atom stereocenters. The van der Waals surface area contributed by atoms with Crippen LogP contribution in [0.1, 0.15) is 12.5 Å². The molecule has 0 amide bonds. The Bertz CT molecular complexity index is 1480. The van der Waals surface area contributed by atoms with Gasteiger partial charge < -0.3 is 24.1 Å². The molecule has 2 heterocycles. The topological polar surface area (TPSA) is 70.4 Å². The maximum absolute atomic E-state index is 5.63. The van der Waals surface area contributed by atoms with Gasteiger partial charge in [-0.25, -0.2) is 9.97 Å². The van der Waals surface area contributed by atoms with Crippen LogP contribution < -0.4 is 19.5 Å². The lowest BCUT2D eigenvalue weighted by Crippen LogP contribution is -2.07. The van der Waals surface area contributed by atoms with Gasteiger partial charge >= 0.3 is 0 Å². The summed E-state index contributed by atoms with van der Waals surface area (Å²) in [5, 5.41) is 4.53. The van der Waals surface area contributed by atoms with Crippen LogP contribution in [0.4, 0.5) is 5.82 Å². The van der Waals surface area contributed by atoms with Crippen molar-refractivity contribution < 1.29 is 14.2 Å². The molecule has 3 aromatic carbocycles. The number of aromatic nitrogens is 3. The number of nitrogens with zero attached hydrogens (tertiary/aromatic N) is 3. The fourth-order valence-electron chi connectivity index (χ4n) is 4.46. The standard InChI is InChI=1S/C30H30N4O3/c1-4-37-24-13-11-23(12-14-24)34-19-25(22-8-6-5-7-9-22)28-29(32-20-33-30(28)34)31-17-16-21-10-15-26(35-2)27(18-21)36-3/h5-15,18-20H,4,16-17H2,1-3H3,(H,31,32,33). The second-order valence-electron chi connectivity index (χ2n) is 8.49. The molecule has 0 saturated heterocycles. The van der Waals surface area contributed by atoms with E-state index in [1.165, 1.54) is 0 Å². The van der Waals surface area contributed by atoms with Gasteiger partial charge in [0.25, 0.3) is 0 Å². The number of anilines is 1. The third-order valence-electron chi connectivity index (χ3n) is 6.25. The second-order valence-corrected chi connectivity index (χ2v) is 8.49. The van der Waals surface area contributed by atoms with Crippen molar-refractivity contribution >= 4 is 16.9 Å². The van der Waals surface area contributed by atoms with Crippen molar-refractivity contribution in [2.45, 2.75) is 13.3 Å². The molecule has 0 aliphatic carbocycles. The highest BCUT2D eigenvalue weighted by Crippen LogP contribution is 2.35. The number of rotatable bonds is 10. The molecule has 5 rings (SSSR count). The van der Waals surface area contributed by atoms with Crippen LogP contribution in [-0.4, -0.2) is 41.9 Å². The van der Waals surface area contributed by atoms with Gasteiger partial charge in [-0.3, -0.25) is 0 Å². The lowest BCUT2D eigenvalue weighted by atomic mass is 10.1. The van der Waals surface area contributed by atoms with E-state index in [9.17, 15) is 0 Å². The molecule has 0 aliphatic rings. The van der Waals surface area contributed by atoms with E-state index in [4.69, 9.17) is 14.2 Å². The summed E-state index contributed by atoms with van der Waals surface area (Å²) in [7, 11) is 3.29. The molecule has 188 valence electrons. The monoisotopic (exact) mass is 494 g/mol. The Balaban J connectivity index is 1.49. The van der Waals surface area contributed by atoms with Gasteiger partial charge in [-0.1, -0.05) is 36.4 Å². The molecule has 1 N–H and O–H groups in total. The predicted molar refractivity (Wildman–Crippen MR) is 147 cm³/mol. The van der Waals surface area contributed by atoms with Crippen LogP contribution in [0.2, 0.25) is 0 Å². The van der Waals surface area contributed by atoms with Crippen molar-refractivity contribution in [2.75, 3.05) is 32.7 Å². The van der Waals surface area contributed by atoms with Crippen molar-refractivity contribution in [2.24, 2.45) is 0 Å². The summed E-state index contributed by atoms with van der Waals surface area (Å²) in [4.78, 5) is 9.31. The zero-order valence-electron chi connectivity index (χ0n) is 21.3. The van der Waals surface area contributed by atoms with E-state index in [0.29, 0.717) is 13.2 Å². The third-order valence-corrected chi connectivity index (χ3v) is 6.25. The molecule has 0 aliphatic heterocycles. The highest BCUT2D eigenvalue weighted by atomic mass is 16.5. The lowest BCUT2D eigenvalue weighted by molar-refractivity contribution is 0.340. The maximum atomic E-state index is 5.63. The van der Waals surface area contributed by atoms with E-state index >= 15 is 0 Å². The Hall–Kier alpha value is -4.52. The predicted octanol–water partition coefficient (Wildman–Crippen LogP) is 6.16. The van der Waals surface area contributed by atoms with E-state index in [2.05, 4.69) is 44.2 Å². The number of methoxy groups -OCH3 is 2. The normalized spacial score (nSPS) is 10.9. The van der Waals surface area contributed by atoms with Crippen molar-refractivity contribution in [1.29, 1.82) is 0 Å². The first-order valence-electron chi connectivity index (χ1n) is 12.3. The van der Waals surface area contributed by atoms with Crippen LogP contribution >= 0.6 is 0 Å². The summed E-state index contributed by atoms with van der Waals surface area (Å²) in [6, 6.07) is 24.4. The van der Waals surface area contributed by atoms with Gasteiger partial charge in [0, 0.05) is 24.0 Å². The Morgan fingerprint density at radius 2 is 1.65 bits per heavy atom. The summed E-state index contributed by atoms with van der Waals surface area (Å²) in [6.07, 6.45) is 4.54. The number of hydrogen-bond acceptors (Lipinski definition) is 6. The van der Waals surface area contributed by atoms with Gasteiger partial charge in [0.05, 0.1) is 26.2 Å². The van der Waals surface area contributed by atoms with Gasteiger partial charge in [-0.05, 0) is 60.9 Å². The molecule has 0 saturated carbocycles. The second kappa shape index (κ2) is 11.0. The summed E-state index contributed by atoms with van der Waals surface area (Å²) in [6.45, 7) is 3.32. The first kappa shape index (κ1) is 24.2. The molecule has 7 heteroatoms. The average Bonchev–Trinajstić information content (AvgIpc) is 3.34. The molecular formula is C30H30N4O3. The molecule has 0 spiro atoms. The van der Waals surface area contributed by atoms with Crippen molar-refractivity contribution in [1.82, 2.24) is 14.5 Å². The van der Waals surface area contributed by atoms with Gasteiger partial charge in [-0.2, -0.15) is 0 Å². The van der Waals surface area contributed by atoms with E-state index in [-0.39, 0.29) is 0 Å². The van der Waals surface area contributed by atoms with E-state index in [1.54, 1.807) is 20.5 Å². The number of benzene rings is 3. The maximum Gasteiger partial charge on any atom is 0.160 e. The quantitative estimate of drug-likeness (QED) is 0.251. The van der Waals surface area contributed by atoms with Crippen LogP contribution in [0.25, 0.3) is 27.8 Å². The Labute approximate surface area is 216 Å². The minimum atomic E-state index is 0.634. The minimum Gasteiger partial charge on any atom is -0.494 e. The minimum absolute atomic E-state index is 0.634. The number of hydrogen-bond donors (Lipinski definition) is 1. The first-order valence-corrected chi connectivity index (χ1v) is 12.3. The van der Waals surface area contributed by atoms with Crippen molar-refractivity contribution in [3.05, 3.63) is 90.9 Å². The van der Waals surface area contributed by atoms with Gasteiger partial charge in [0.15, 0.2) is 17.1 Å². The first-order chi connectivity index (χ1) is 18.2. The van der Waals surface area contributed by atoms with Crippen LogP contribution in [0.5, 0.6) is 17.2 Å². The zero-order valence-corrected chi connectivity index (χ0v) is 21.3. The Kier molecular flexibility index (Phi) is 7.21. The molecule has 37 heavy (non-hydrogen) atoms. The molecule has 7 nitrogen and oxygen atoms in total. The average molecular weight is 495 g/mol. The number of ether oxygens (including phenoxy) is 3. The van der Waals surface area contributed by atoms with Gasteiger partial charge in [0.2, 0.25) is 0 Å². The fourth-order valence-corrected chi connectivity index (χ4v) is 4.46. The largest absolute Gasteiger partial charge is 0.494 e. The summed E-state index contributed by atoms with van der Waals surface area (Å²) >= 11 is 0. The Morgan fingerprint density at radius 3 is 2.38 bits per heavy atom. The SMILES string of the molecule is CCOc1ccc(-n2cc(-c3ccccc3)c3c(NCCc4ccc(OC)c(OC)c4)ncnc32)cc1. The van der Waals surface area contributed by atoms with Crippen LogP contribution in [0, 0.1) is 0 Å². The zero-order chi connectivity index (χ0) is 25.6. The van der Waals surface area contributed by atoms with Crippen molar-refractivity contribution in [3.8, 4) is 34.1 Å². The van der Waals surface area contributed by atoms with Crippen LogP contribution in [0.3, 0.4) is 0 Å². The van der Waals surface area contributed by atoms with Crippen LogP contribution in [0.15, 0.2) is 85.3 Å². The van der Waals surface area contributed by atoms with Crippen LogP contribution in [-0.2, 0) is 6.42 Å². The number of nitrogens with one attached hydrogen (secondary N) is 1. The highest BCUT2D eigenvalue weighted by Gasteiger charge is 2.17. The molecule has 0 bridgehead atoms. The third kappa shape index (κ3) is 5.07. The smallest absolute Gasteiger partial charge is 0.160 e. The summed E-state index contributed by atoms with van der Waals surface area (Å²) in [5.74, 6) is 3.09. The summed E-state index contributed by atoms with van der Waals surface area (Å²) < 4.78 is 18.5. The van der Waals surface area contributed by atoms with Gasteiger partial charge in [-0.15, -0.1) is 0 Å². The molecule has 0 radical (unpaired) electrons. The van der Waals surface area contributed by atoms with E-state index in [0.717, 1.165) is 62.9 Å².